The van der Waals surface area contributed by atoms with Gasteiger partial charge in [0.15, 0.2) is 0 Å². The number of thiol groups is 1. The van der Waals surface area contributed by atoms with Gasteiger partial charge in [0.05, 0.1) is 0 Å². The number of hydrogen-bond acceptors (Lipinski definition) is 3. The quantitative estimate of drug-likeness (QED) is 0.518. The Labute approximate surface area is 65.4 Å². The van der Waals surface area contributed by atoms with Gasteiger partial charge in [-0.25, -0.2) is 0 Å². The molecule has 0 spiro atoms. The second-order valence-electron chi connectivity index (χ2n) is 1.60. The lowest BCUT2D eigenvalue weighted by molar-refractivity contribution is -0.138. The first-order valence-electron chi connectivity index (χ1n) is 2.22. The Hall–Kier alpha value is 0.0700. The molecule has 3 nitrogen and oxygen atoms in total. The van der Waals surface area contributed by atoms with Crippen molar-refractivity contribution < 1.29 is 9.90 Å². The van der Waals surface area contributed by atoms with E-state index < -0.39 is 12.0 Å². The van der Waals surface area contributed by atoms with Crippen molar-refractivity contribution in [2.75, 3.05) is 0 Å². The van der Waals surface area contributed by atoms with E-state index in [1.54, 1.807) is 6.92 Å². The third kappa shape index (κ3) is 4.57. The van der Waals surface area contributed by atoms with Gasteiger partial charge in [0.1, 0.15) is 6.04 Å². The first-order valence-corrected chi connectivity index (χ1v) is 2.74. The van der Waals surface area contributed by atoms with E-state index >= 15 is 0 Å². The molecule has 0 bridgehead atoms. The number of aliphatic carboxylic acids is 1. The van der Waals surface area contributed by atoms with Crippen LogP contribution in [0.25, 0.3) is 0 Å². The second kappa shape index (κ2) is 4.90. The average molecular weight is 172 g/mol. The van der Waals surface area contributed by atoms with Gasteiger partial charge in [0.25, 0.3) is 0 Å². The molecule has 0 rings (SSSR count). The maximum Gasteiger partial charge on any atom is 0.321 e. The van der Waals surface area contributed by atoms with Crippen LogP contribution < -0.4 is 5.73 Å². The van der Waals surface area contributed by atoms with Crippen molar-refractivity contribution in [3.63, 3.8) is 0 Å². The smallest absolute Gasteiger partial charge is 0.321 e. The molecule has 3 N–H and O–H groups in total. The van der Waals surface area contributed by atoms with Gasteiger partial charge in [0.2, 0.25) is 0 Å². The molecule has 0 fully saturated rings. The maximum atomic E-state index is 9.97. The molecule has 0 aliphatic carbocycles. The van der Waals surface area contributed by atoms with Crippen LogP contribution in [0, 0.1) is 0 Å². The predicted molar refractivity (Wildman–Crippen MR) is 41.3 cm³/mol. The summed E-state index contributed by atoms with van der Waals surface area (Å²) in [6, 6.07) is -0.849. The van der Waals surface area contributed by atoms with Crippen LogP contribution in [0.2, 0.25) is 0 Å². The summed E-state index contributed by atoms with van der Waals surface area (Å²) in [4.78, 5) is 9.97. The number of halogens is 1. The summed E-state index contributed by atoms with van der Waals surface area (Å²) in [6.45, 7) is 1.64. The van der Waals surface area contributed by atoms with Crippen LogP contribution in [0.1, 0.15) is 6.92 Å². The van der Waals surface area contributed by atoms with E-state index in [0.717, 1.165) is 0 Å². The van der Waals surface area contributed by atoms with Gasteiger partial charge in [-0.2, -0.15) is 12.6 Å². The molecular formula is C4H10ClNO2S. The van der Waals surface area contributed by atoms with Crippen molar-refractivity contribution in [1.82, 2.24) is 0 Å². The van der Waals surface area contributed by atoms with Gasteiger partial charge >= 0.3 is 5.97 Å². The molecule has 9 heavy (non-hydrogen) atoms. The van der Waals surface area contributed by atoms with E-state index in [4.69, 9.17) is 10.8 Å². The van der Waals surface area contributed by atoms with E-state index in [2.05, 4.69) is 12.6 Å². The molecule has 0 heterocycles. The van der Waals surface area contributed by atoms with E-state index in [9.17, 15) is 4.79 Å². The molecule has 0 aromatic rings. The third-order valence-corrected chi connectivity index (χ3v) is 1.13. The summed E-state index contributed by atoms with van der Waals surface area (Å²) in [7, 11) is 0. The van der Waals surface area contributed by atoms with Crippen molar-refractivity contribution in [3.8, 4) is 0 Å². The van der Waals surface area contributed by atoms with Crippen molar-refractivity contribution in [3.05, 3.63) is 0 Å². The molecule has 0 aromatic carbocycles. The van der Waals surface area contributed by atoms with Gasteiger partial charge in [-0.3, -0.25) is 4.79 Å². The molecule has 0 amide bonds. The topological polar surface area (TPSA) is 63.3 Å². The minimum Gasteiger partial charge on any atom is -0.480 e. The largest absolute Gasteiger partial charge is 0.480 e. The molecule has 0 saturated carbocycles. The summed E-state index contributed by atoms with van der Waals surface area (Å²) in [5.41, 5.74) is 5.08. The number of rotatable bonds is 2. The van der Waals surface area contributed by atoms with Gasteiger partial charge in [-0.15, -0.1) is 12.4 Å². The lowest BCUT2D eigenvalue weighted by Gasteiger charge is -2.07. The number of carbonyl (C=O) groups is 1. The Morgan fingerprint density at radius 1 is 1.78 bits per heavy atom. The average Bonchev–Trinajstić information content (AvgIpc) is 1.64. The SMILES string of the molecule is C[C@H](S)C(N)C(=O)O.Cl. The highest BCUT2D eigenvalue weighted by Crippen LogP contribution is 1.96. The van der Waals surface area contributed by atoms with Gasteiger partial charge in [0, 0.05) is 5.25 Å². The maximum absolute atomic E-state index is 9.97. The van der Waals surface area contributed by atoms with Crippen molar-refractivity contribution in [1.29, 1.82) is 0 Å². The fourth-order valence-corrected chi connectivity index (χ4v) is 0.334. The Kier molecular flexibility index (Phi) is 6.44. The molecule has 2 atom stereocenters. The van der Waals surface area contributed by atoms with Crippen LogP contribution in [0.15, 0.2) is 0 Å². The molecule has 56 valence electrons. The number of hydrogen-bond donors (Lipinski definition) is 3. The molecule has 0 aliphatic heterocycles. The Morgan fingerprint density at radius 2 is 2.11 bits per heavy atom. The van der Waals surface area contributed by atoms with Crippen molar-refractivity contribution >= 4 is 31.0 Å². The summed E-state index contributed by atoms with van der Waals surface area (Å²) in [5.74, 6) is -1.01. The molecule has 0 aromatic heterocycles. The number of nitrogens with two attached hydrogens (primary N) is 1. The Bertz CT molecular complexity index is 98.6. The van der Waals surface area contributed by atoms with E-state index in [-0.39, 0.29) is 17.7 Å². The van der Waals surface area contributed by atoms with Crippen LogP contribution in [0.5, 0.6) is 0 Å². The molecule has 0 saturated heterocycles. The standard InChI is InChI=1S/C4H9NO2S.ClH/c1-2(8)3(5)4(6)7;/h2-3,8H,5H2,1H3,(H,6,7);1H/t2-,3?;/m0./s1. The molecule has 5 heteroatoms. The van der Waals surface area contributed by atoms with Gasteiger partial charge in [-0.1, -0.05) is 6.92 Å². The zero-order chi connectivity index (χ0) is 6.73. The summed E-state index contributed by atoms with van der Waals surface area (Å²) in [6.07, 6.45) is 0. The normalized spacial score (nSPS) is 15.4. The third-order valence-electron chi connectivity index (χ3n) is 0.805. The Morgan fingerprint density at radius 3 is 2.11 bits per heavy atom. The van der Waals surface area contributed by atoms with Crippen molar-refractivity contribution in [2.45, 2.75) is 18.2 Å². The van der Waals surface area contributed by atoms with E-state index in [1.807, 2.05) is 0 Å². The minimum absolute atomic E-state index is 0. The predicted octanol–water partition coefficient (Wildman–Crippen LogP) is 0.138. The van der Waals surface area contributed by atoms with Crippen molar-refractivity contribution in [2.24, 2.45) is 5.73 Å². The molecular weight excluding hydrogens is 162 g/mol. The van der Waals surface area contributed by atoms with Gasteiger partial charge in [-0.05, 0) is 0 Å². The zero-order valence-corrected chi connectivity index (χ0v) is 6.65. The van der Waals surface area contributed by atoms with Crippen LogP contribution in [0.4, 0.5) is 0 Å². The van der Waals surface area contributed by atoms with Crippen LogP contribution >= 0.6 is 25.0 Å². The van der Waals surface area contributed by atoms with E-state index in [1.165, 1.54) is 0 Å². The highest BCUT2D eigenvalue weighted by molar-refractivity contribution is 7.81. The number of carboxylic acid groups (broad SMARTS) is 1. The highest BCUT2D eigenvalue weighted by Gasteiger charge is 2.15. The highest BCUT2D eigenvalue weighted by atomic mass is 35.5. The summed E-state index contributed by atoms with van der Waals surface area (Å²) in [5, 5.41) is 7.89. The lowest BCUT2D eigenvalue weighted by atomic mass is 10.2. The molecule has 1 unspecified atom stereocenters. The van der Waals surface area contributed by atoms with Crippen LogP contribution in [-0.4, -0.2) is 22.4 Å². The second-order valence-corrected chi connectivity index (χ2v) is 2.42. The Balaban J connectivity index is 0. The summed E-state index contributed by atoms with van der Waals surface area (Å²) < 4.78 is 0. The monoisotopic (exact) mass is 171 g/mol. The fraction of sp³-hybridized carbons (Fsp3) is 0.750. The van der Waals surface area contributed by atoms with Crippen LogP contribution in [0.3, 0.4) is 0 Å². The molecule has 0 aliphatic rings. The summed E-state index contributed by atoms with van der Waals surface area (Å²) >= 11 is 3.83. The fourth-order valence-electron chi connectivity index (χ4n) is 0.206. The minimum atomic E-state index is -1.01. The van der Waals surface area contributed by atoms with Crippen LogP contribution in [-0.2, 0) is 4.79 Å². The van der Waals surface area contributed by atoms with Gasteiger partial charge < -0.3 is 10.8 Å². The van der Waals surface area contributed by atoms with E-state index in [0.29, 0.717) is 0 Å². The number of carboxylic acids is 1. The first-order chi connectivity index (χ1) is 3.55. The lowest BCUT2D eigenvalue weighted by Crippen LogP contribution is -2.37. The zero-order valence-electron chi connectivity index (χ0n) is 4.94. The molecule has 0 radical (unpaired) electrons. The first kappa shape index (κ1) is 11.8.